The predicted octanol–water partition coefficient (Wildman–Crippen LogP) is 4.32. The fourth-order valence-electron chi connectivity index (χ4n) is 4.04. The number of imidazole rings is 1. The third-order valence-electron chi connectivity index (χ3n) is 5.60. The Morgan fingerprint density at radius 2 is 1.97 bits per heavy atom. The molecular weight excluding hydrogens is 384 g/mol. The Morgan fingerprint density at radius 1 is 1.10 bits per heavy atom. The molecule has 29 heavy (non-hydrogen) atoms. The van der Waals surface area contributed by atoms with Crippen molar-refractivity contribution in [3.63, 3.8) is 0 Å². The SMILES string of the molecule is COc1ccc2c(c1)nc(CNCCN1CCCCC1)n2Cc1cccc(Cl)c1. The van der Waals surface area contributed by atoms with Crippen LogP contribution >= 0.6 is 11.6 Å². The van der Waals surface area contributed by atoms with Crippen LogP contribution in [0.4, 0.5) is 0 Å². The molecule has 1 aliphatic heterocycles. The number of hydrogen-bond acceptors (Lipinski definition) is 4. The monoisotopic (exact) mass is 412 g/mol. The van der Waals surface area contributed by atoms with Gasteiger partial charge in [-0.1, -0.05) is 30.2 Å². The van der Waals surface area contributed by atoms with E-state index in [-0.39, 0.29) is 0 Å². The molecule has 0 atom stereocenters. The van der Waals surface area contributed by atoms with Crippen LogP contribution in [0.5, 0.6) is 5.75 Å². The van der Waals surface area contributed by atoms with E-state index in [9.17, 15) is 0 Å². The first-order valence-electron chi connectivity index (χ1n) is 10.4. The summed E-state index contributed by atoms with van der Waals surface area (Å²) in [6, 6.07) is 14.1. The van der Waals surface area contributed by atoms with Crippen molar-refractivity contribution in [2.24, 2.45) is 0 Å². The summed E-state index contributed by atoms with van der Waals surface area (Å²) in [6.07, 6.45) is 4.04. The molecule has 1 fully saturated rings. The maximum atomic E-state index is 6.20. The van der Waals surface area contributed by atoms with Gasteiger partial charge < -0.3 is 19.5 Å². The summed E-state index contributed by atoms with van der Waals surface area (Å²) in [5.74, 6) is 1.86. The predicted molar refractivity (Wildman–Crippen MR) is 119 cm³/mol. The lowest BCUT2D eigenvalue weighted by atomic mass is 10.1. The normalized spacial score (nSPS) is 15.1. The van der Waals surface area contributed by atoms with Gasteiger partial charge >= 0.3 is 0 Å². The van der Waals surface area contributed by atoms with Crippen LogP contribution in [-0.4, -0.2) is 47.7 Å². The Bertz CT molecular complexity index is 949. The Labute approximate surface area is 177 Å². The van der Waals surface area contributed by atoms with Gasteiger partial charge in [-0.25, -0.2) is 4.98 Å². The van der Waals surface area contributed by atoms with E-state index in [0.29, 0.717) is 0 Å². The van der Waals surface area contributed by atoms with Gasteiger partial charge in [-0.15, -0.1) is 0 Å². The average Bonchev–Trinajstić information content (AvgIpc) is 3.08. The number of nitrogens with zero attached hydrogens (tertiary/aromatic N) is 3. The van der Waals surface area contributed by atoms with Gasteiger partial charge in [0.05, 0.1) is 24.7 Å². The number of halogens is 1. The number of nitrogens with one attached hydrogen (secondary N) is 1. The number of hydrogen-bond donors (Lipinski definition) is 1. The van der Waals surface area contributed by atoms with Gasteiger partial charge in [0, 0.05) is 30.7 Å². The van der Waals surface area contributed by atoms with Gasteiger partial charge in [-0.2, -0.15) is 0 Å². The van der Waals surface area contributed by atoms with Crippen LogP contribution in [0.25, 0.3) is 11.0 Å². The third-order valence-corrected chi connectivity index (χ3v) is 5.84. The molecular formula is C23H29ClN4O. The molecule has 0 radical (unpaired) electrons. The fraction of sp³-hybridized carbons (Fsp3) is 0.435. The number of fused-ring (bicyclic) bond motifs is 1. The van der Waals surface area contributed by atoms with Crippen LogP contribution in [0.2, 0.25) is 5.02 Å². The van der Waals surface area contributed by atoms with Gasteiger partial charge in [-0.05, 0) is 55.8 Å². The minimum Gasteiger partial charge on any atom is -0.497 e. The Balaban J connectivity index is 1.51. The molecule has 4 rings (SSSR count). The molecule has 6 heteroatoms. The van der Waals surface area contributed by atoms with E-state index >= 15 is 0 Å². The molecule has 154 valence electrons. The number of benzene rings is 2. The maximum Gasteiger partial charge on any atom is 0.124 e. The van der Waals surface area contributed by atoms with Crippen LogP contribution in [0, 0.1) is 0 Å². The van der Waals surface area contributed by atoms with Crippen LogP contribution in [-0.2, 0) is 13.1 Å². The molecule has 0 saturated carbocycles. The number of methoxy groups -OCH3 is 1. The summed E-state index contributed by atoms with van der Waals surface area (Å²) in [5.41, 5.74) is 3.24. The van der Waals surface area contributed by atoms with Gasteiger partial charge in [0.2, 0.25) is 0 Å². The van der Waals surface area contributed by atoms with Crippen molar-refractivity contribution >= 4 is 22.6 Å². The smallest absolute Gasteiger partial charge is 0.124 e. The second-order valence-electron chi connectivity index (χ2n) is 7.68. The van der Waals surface area contributed by atoms with Crippen molar-refractivity contribution in [3.8, 4) is 5.75 Å². The van der Waals surface area contributed by atoms with E-state index in [1.54, 1.807) is 7.11 Å². The van der Waals surface area contributed by atoms with Crippen molar-refractivity contribution in [1.29, 1.82) is 0 Å². The summed E-state index contributed by atoms with van der Waals surface area (Å²) in [4.78, 5) is 7.45. The van der Waals surface area contributed by atoms with E-state index in [1.807, 2.05) is 30.3 Å². The van der Waals surface area contributed by atoms with E-state index in [1.165, 1.54) is 37.9 Å². The highest BCUT2D eigenvalue weighted by atomic mass is 35.5. The Hall–Kier alpha value is -2.08. The first kappa shape index (κ1) is 20.2. The van der Waals surface area contributed by atoms with E-state index < -0.39 is 0 Å². The molecule has 0 amide bonds. The highest BCUT2D eigenvalue weighted by Gasteiger charge is 2.13. The summed E-state index contributed by atoms with van der Waals surface area (Å²) < 4.78 is 7.66. The molecule has 0 bridgehead atoms. The highest BCUT2D eigenvalue weighted by molar-refractivity contribution is 6.30. The number of rotatable bonds is 8. The molecule has 5 nitrogen and oxygen atoms in total. The number of aromatic nitrogens is 2. The zero-order chi connectivity index (χ0) is 20.1. The average molecular weight is 413 g/mol. The lowest BCUT2D eigenvalue weighted by molar-refractivity contribution is 0.228. The fourth-order valence-corrected chi connectivity index (χ4v) is 4.25. The van der Waals surface area contributed by atoms with Crippen molar-refractivity contribution in [2.45, 2.75) is 32.4 Å². The Kier molecular flexibility index (Phi) is 6.70. The zero-order valence-corrected chi connectivity index (χ0v) is 17.8. The maximum absolute atomic E-state index is 6.20. The largest absolute Gasteiger partial charge is 0.497 e. The molecule has 2 heterocycles. The number of likely N-dealkylation sites (tertiary alicyclic amines) is 1. The first-order chi connectivity index (χ1) is 14.2. The molecule has 3 aromatic rings. The molecule has 0 unspecified atom stereocenters. The highest BCUT2D eigenvalue weighted by Crippen LogP contribution is 2.23. The summed E-state index contributed by atoms with van der Waals surface area (Å²) >= 11 is 6.20. The standard InChI is InChI=1S/C23H29ClN4O/c1-29-20-8-9-22-21(15-20)26-23(16-25-10-13-27-11-3-2-4-12-27)28(22)17-18-6-5-7-19(24)14-18/h5-9,14-15,25H,2-4,10-13,16-17H2,1H3. The molecule has 1 aliphatic rings. The van der Waals surface area contributed by atoms with Crippen molar-refractivity contribution in [1.82, 2.24) is 19.8 Å². The van der Waals surface area contributed by atoms with Crippen molar-refractivity contribution in [2.75, 3.05) is 33.3 Å². The second-order valence-corrected chi connectivity index (χ2v) is 8.11. The van der Waals surface area contributed by atoms with Crippen LogP contribution in [0.3, 0.4) is 0 Å². The van der Waals surface area contributed by atoms with E-state index in [2.05, 4.69) is 26.9 Å². The summed E-state index contributed by atoms with van der Waals surface area (Å²) in [6.45, 7) is 6.02. The topological polar surface area (TPSA) is 42.3 Å². The Morgan fingerprint density at radius 3 is 2.76 bits per heavy atom. The second kappa shape index (κ2) is 9.61. The summed E-state index contributed by atoms with van der Waals surface area (Å²) in [5, 5.41) is 4.35. The number of ether oxygens (including phenoxy) is 1. The van der Waals surface area contributed by atoms with Crippen LogP contribution in [0.1, 0.15) is 30.7 Å². The molecule has 1 saturated heterocycles. The zero-order valence-electron chi connectivity index (χ0n) is 17.0. The summed E-state index contributed by atoms with van der Waals surface area (Å²) in [7, 11) is 1.69. The molecule has 0 spiro atoms. The van der Waals surface area contributed by atoms with Crippen LogP contribution in [0.15, 0.2) is 42.5 Å². The van der Waals surface area contributed by atoms with E-state index in [4.69, 9.17) is 21.3 Å². The van der Waals surface area contributed by atoms with Crippen LogP contribution < -0.4 is 10.1 Å². The van der Waals surface area contributed by atoms with Gasteiger partial charge in [0.1, 0.15) is 11.6 Å². The minimum absolute atomic E-state index is 0.741. The molecule has 1 aromatic heterocycles. The molecule has 0 aliphatic carbocycles. The van der Waals surface area contributed by atoms with Gasteiger partial charge in [0.15, 0.2) is 0 Å². The lowest BCUT2D eigenvalue weighted by Gasteiger charge is -2.26. The first-order valence-corrected chi connectivity index (χ1v) is 10.8. The molecule has 2 aromatic carbocycles. The van der Waals surface area contributed by atoms with Crippen molar-refractivity contribution < 1.29 is 4.74 Å². The lowest BCUT2D eigenvalue weighted by Crippen LogP contribution is -2.35. The van der Waals surface area contributed by atoms with Crippen molar-refractivity contribution in [3.05, 3.63) is 58.9 Å². The quantitative estimate of drug-likeness (QED) is 0.559. The van der Waals surface area contributed by atoms with Gasteiger partial charge in [0.25, 0.3) is 0 Å². The van der Waals surface area contributed by atoms with E-state index in [0.717, 1.165) is 53.8 Å². The molecule has 1 N–H and O–H groups in total. The third kappa shape index (κ3) is 5.10. The number of piperidine rings is 1. The van der Waals surface area contributed by atoms with Gasteiger partial charge in [-0.3, -0.25) is 0 Å². The minimum atomic E-state index is 0.741.